The van der Waals surface area contributed by atoms with Crippen molar-refractivity contribution < 1.29 is 9.47 Å². The molecule has 2 heteroatoms. The molecular weight excluding hydrogens is 188 g/mol. The maximum absolute atomic E-state index is 5.53. The van der Waals surface area contributed by atoms with Crippen LogP contribution < -0.4 is 0 Å². The number of ether oxygens (including phenoxy) is 2. The molecule has 0 aromatic carbocycles. The van der Waals surface area contributed by atoms with Crippen LogP contribution in [0.1, 0.15) is 58.8 Å². The highest BCUT2D eigenvalue weighted by Crippen LogP contribution is 2.01. The third-order valence-electron chi connectivity index (χ3n) is 2.42. The van der Waals surface area contributed by atoms with Gasteiger partial charge in [0.2, 0.25) is 0 Å². The van der Waals surface area contributed by atoms with E-state index in [0.717, 1.165) is 26.4 Å². The fourth-order valence-electron chi connectivity index (χ4n) is 1.46. The van der Waals surface area contributed by atoms with E-state index in [4.69, 9.17) is 9.47 Å². The van der Waals surface area contributed by atoms with Gasteiger partial charge in [-0.3, -0.25) is 0 Å². The Labute approximate surface area is 95.3 Å². The Morgan fingerprint density at radius 1 is 0.600 bits per heavy atom. The number of hydrogen-bond acceptors (Lipinski definition) is 2. The lowest BCUT2D eigenvalue weighted by Gasteiger charge is -2.04. The molecular formula is C13H28O2. The number of rotatable bonds is 12. The van der Waals surface area contributed by atoms with Crippen LogP contribution >= 0.6 is 0 Å². The summed E-state index contributed by atoms with van der Waals surface area (Å²) in [5.74, 6) is 0. The molecule has 0 aliphatic heterocycles. The van der Waals surface area contributed by atoms with Crippen molar-refractivity contribution in [2.45, 2.75) is 58.8 Å². The van der Waals surface area contributed by atoms with E-state index in [-0.39, 0.29) is 0 Å². The Hall–Kier alpha value is -0.0800. The van der Waals surface area contributed by atoms with Crippen LogP contribution in [0.4, 0.5) is 0 Å². The minimum Gasteiger partial charge on any atom is -0.382 e. The molecule has 0 saturated carbocycles. The van der Waals surface area contributed by atoms with E-state index in [1.165, 1.54) is 44.9 Å². The number of hydrogen-bond donors (Lipinski definition) is 0. The molecule has 0 radical (unpaired) electrons. The predicted molar refractivity (Wildman–Crippen MR) is 65.3 cm³/mol. The Balaban J connectivity index is 2.81. The van der Waals surface area contributed by atoms with Crippen molar-refractivity contribution in [2.24, 2.45) is 0 Å². The maximum Gasteiger partial charge on any atom is 0.0466 e. The third kappa shape index (κ3) is 13.9. The topological polar surface area (TPSA) is 18.5 Å². The summed E-state index contributed by atoms with van der Waals surface area (Å²) in [4.78, 5) is 0. The van der Waals surface area contributed by atoms with Gasteiger partial charge in [-0.05, 0) is 26.2 Å². The smallest absolute Gasteiger partial charge is 0.0466 e. The second-order valence-electron chi connectivity index (χ2n) is 3.93. The average molecular weight is 216 g/mol. The molecule has 0 rings (SSSR count). The van der Waals surface area contributed by atoms with Gasteiger partial charge in [0.05, 0.1) is 0 Å². The SMILES string of the molecule is CCCCCOCCCCCCOCC. The molecule has 0 aromatic heterocycles. The van der Waals surface area contributed by atoms with Crippen LogP contribution in [-0.4, -0.2) is 26.4 Å². The van der Waals surface area contributed by atoms with Gasteiger partial charge in [0.15, 0.2) is 0 Å². The van der Waals surface area contributed by atoms with Crippen molar-refractivity contribution in [1.29, 1.82) is 0 Å². The first kappa shape index (κ1) is 14.9. The molecule has 0 unspecified atom stereocenters. The fraction of sp³-hybridized carbons (Fsp3) is 1.00. The third-order valence-corrected chi connectivity index (χ3v) is 2.42. The van der Waals surface area contributed by atoms with Crippen molar-refractivity contribution in [2.75, 3.05) is 26.4 Å². The van der Waals surface area contributed by atoms with Crippen LogP contribution in [0.2, 0.25) is 0 Å². The van der Waals surface area contributed by atoms with Gasteiger partial charge in [-0.2, -0.15) is 0 Å². The van der Waals surface area contributed by atoms with E-state index in [1.54, 1.807) is 0 Å². The lowest BCUT2D eigenvalue weighted by molar-refractivity contribution is 0.122. The molecule has 0 fully saturated rings. The zero-order valence-corrected chi connectivity index (χ0v) is 10.6. The van der Waals surface area contributed by atoms with Crippen molar-refractivity contribution in [1.82, 2.24) is 0 Å². The van der Waals surface area contributed by atoms with Crippen LogP contribution in [0, 0.1) is 0 Å². The molecule has 92 valence electrons. The highest BCUT2D eigenvalue weighted by molar-refractivity contribution is 4.43. The molecule has 0 saturated heterocycles. The van der Waals surface area contributed by atoms with Gasteiger partial charge in [-0.25, -0.2) is 0 Å². The fourth-order valence-corrected chi connectivity index (χ4v) is 1.46. The summed E-state index contributed by atoms with van der Waals surface area (Å²) in [5.41, 5.74) is 0. The van der Waals surface area contributed by atoms with E-state index in [2.05, 4.69) is 6.92 Å². The van der Waals surface area contributed by atoms with Gasteiger partial charge in [-0.1, -0.05) is 32.6 Å². The van der Waals surface area contributed by atoms with Crippen molar-refractivity contribution in [3.8, 4) is 0 Å². The van der Waals surface area contributed by atoms with Crippen LogP contribution in [0.15, 0.2) is 0 Å². The van der Waals surface area contributed by atoms with E-state index in [1.807, 2.05) is 6.92 Å². The summed E-state index contributed by atoms with van der Waals surface area (Å²) in [6.45, 7) is 7.93. The normalized spacial score (nSPS) is 10.8. The minimum atomic E-state index is 0.848. The maximum atomic E-state index is 5.53. The lowest BCUT2D eigenvalue weighted by atomic mass is 10.2. The molecule has 0 spiro atoms. The first-order valence-electron chi connectivity index (χ1n) is 6.57. The van der Waals surface area contributed by atoms with E-state index >= 15 is 0 Å². The molecule has 0 amide bonds. The molecule has 15 heavy (non-hydrogen) atoms. The molecule has 0 aromatic rings. The molecule has 0 aliphatic carbocycles. The van der Waals surface area contributed by atoms with Crippen molar-refractivity contribution >= 4 is 0 Å². The van der Waals surface area contributed by atoms with Crippen LogP contribution in [0.25, 0.3) is 0 Å². The zero-order valence-electron chi connectivity index (χ0n) is 10.6. The van der Waals surface area contributed by atoms with Gasteiger partial charge in [0, 0.05) is 26.4 Å². The average Bonchev–Trinajstić information content (AvgIpc) is 2.26. The predicted octanol–water partition coefficient (Wildman–Crippen LogP) is 3.79. The second kappa shape index (κ2) is 13.9. The summed E-state index contributed by atoms with van der Waals surface area (Å²) in [5, 5.41) is 0. The summed E-state index contributed by atoms with van der Waals surface area (Å²) in [6, 6.07) is 0. The molecule has 0 N–H and O–H groups in total. The van der Waals surface area contributed by atoms with Crippen LogP contribution in [-0.2, 0) is 9.47 Å². The monoisotopic (exact) mass is 216 g/mol. The lowest BCUT2D eigenvalue weighted by Crippen LogP contribution is -1.98. The minimum absolute atomic E-state index is 0.848. The van der Waals surface area contributed by atoms with Crippen molar-refractivity contribution in [3.63, 3.8) is 0 Å². The van der Waals surface area contributed by atoms with Gasteiger partial charge in [0.1, 0.15) is 0 Å². The first-order chi connectivity index (χ1) is 7.41. The summed E-state index contributed by atoms with van der Waals surface area (Å²) in [7, 11) is 0. The Morgan fingerprint density at radius 3 is 1.67 bits per heavy atom. The molecule has 0 atom stereocenters. The van der Waals surface area contributed by atoms with Gasteiger partial charge >= 0.3 is 0 Å². The second-order valence-corrected chi connectivity index (χ2v) is 3.93. The molecule has 2 nitrogen and oxygen atoms in total. The highest BCUT2D eigenvalue weighted by atomic mass is 16.5. The Kier molecular flexibility index (Phi) is 13.8. The Morgan fingerprint density at radius 2 is 1.13 bits per heavy atom. The van der Waals surface area contributed by atoms with Gasteiger partial charge in [-0.15, -0.1) is 0 Å². The molecule has 0 heterocycles. The van der Waals surface area contributed by atoms with E-state index in [9.17, 15) is 0 Å². The van der Waals surface area contributed by atoms with E-state index < -0.39 is 0 Å². The van der Waals surface area contributed by atoms with Gasteiger partial charge in [0.25, 0.3) is 0 Å². The van der Waals surface area contributed by atoms with Crippen molar-refractivity contribution in [3.05, 3.63) is 0 Å². The van der Waals surface area contributed by atoms with E-state index in [0.29, 0.717) is 0 Å². The van der Waals surface area contributed by atoms with Crippen LogP contribution in [0.5, 0.6) is 0 Å². The Bertz CT molecular complexity index is 92.7. The molecule has 0 aliphatic rings. The summed E-state index contributed by atoms with van der Waals surface area (Å²) < 4.78 is 10.8. The van der Waals surface area contributed by atoms with Crippen LogP contribution in [0.3, 0.4) is 0 Å². The number of unbranched alkanes of at least 4 members (excludes halogenated alkanes) is 5. The summed E-state index contributed by atoms with van der Waals surface area (Å²) in [6.07, 6.45) is 8.76. The quantitative estimate of drug-likeness (QED) is 0.462. The highest BCUT2D eigenvalue weighted by Gasteiger charge is 1.91. The zero-order chi connectivity index (χ0) is 11.2. The standard InChI is InChI=1S/C13H28O2/c1-3-5-8-12-15-13-10-7-6-9-11-14-4-2/h3-13H2,1-2H3. The largest absolute Gasteiger partial charge is 0.382 e. The first-order valence-corrected chi connectivity index (χ1v) is 6.57. The molecule has 0 bridgehead atoms. The summed E-state index contributed by atoms with van der Waals surface area (Å²) >= 11 is 0. The van der Waals surface area contributed by atoms with Gasteiger partial charge < -0.3 is 9.47 Å².